The van der Waals surface area contributed by atoms with Gasteiger partial charge in [0.25, 0.3) is 12.1 Å². The zero-order chi connectivity index (χ0) is 29.8. The SMILES string of the molecule is CC1(C)OC2C(COP(=O)(NCc3ccccc3)OCCSC(=O)C(C)(C)C)OC([n+]3cccc(C(N)=O)c3)C2O1. The smallest absolute Gasteiger partial charge is 0.365 e. The van der Waals surface area contributed by atoms with Crippen LogP contribution in [0.4, 0.5) is 0 Å². The van der Waals surface area contributed by atoms with Crippen LogP contribution in [0, 0.1) is 5.41 Å². The number of nitrogens with zero attached hydrogens (tertiary/aromatic N) is 1. The normalized spacial score (nSPS) is 25.0. The molecule has 13 heteroatoms. The lowest BCUT2D eigenvalue weighted by Crippen LogP contribution is -2.46. The first kappa shape index (κ1) is 31.8. The second-order valence-electron chi connectivity index (χ2n) is 11.4. The molecule has 0 spiro atoms. The molecule has 0 bridgehead atoms. The van der Waals surface area contributed by atoms with Crippen molar-refractivity contribution in [1.82, 2.24) is 5.09 Å². The Balaban J connectivity index is 1.46. The molecular weight excluding hydrogens is 569 g/mol. The van der Waals surface area contributed by atoms with E-state index < -0.39 is 49.4 Å². The van der Waals surface area contributed by atoms with Crippen LogP contribution in [0.3, 0.4) is 0 Å². The summed E-state index contributed by atoms with van der Waals surface area (Å²) < 4.78 is 45.8. The van der Waals surface area contributed by atoms with Crippen molar-refractivity contribution in [3.05, 3.63) is 66.0 Å². The summed E-state index contributed by atoms with van der Waals surface area (Å²) in [7, 11) is -3.84. The van der Waals surface area contributed by atoms with E-state index in [9.17, 15) is 14.2 Å². The first-order valence-corrected chi connectivity index (χ1v) is 16.0. The third-order valence-corrected chi connectivity index (χ3v) is 9.25. The maximum absolute atomic E-state index is 13.8. The molecule has 5 atom stereocenters. The summed E-state index contributed by atoms with van der Waals surface area (Å²) >= 11 is 1.13. The number of rotatable bonds is 12. The fraction of sp³-hybridized carbons (Fsp3) is 0.536. The van der Waals surface area contributed by atoms with E-state index in [1.165, 1.54) is 0 Å². The number of ether oxygens (including phenoxy) is 3. The van der Waals surface area contributed by atoms with Crippen molar-refractivity contribution in [2.24, 2.45) is 11.1 Å². The molecule has 224 valence electrons. The zero-order valence-corrected chi connectivity index (χ0v) is 25.7. The molecule has 2 aliphatic rings. The number of carbonyl (C=O) groups excluding carboxylic acids is 2. The van der Waals surface area contributed by atoms with Gasteiger partial charge in [0.1, 0.15) is 17.8 Å². The van der Waals surface area contributed by atoms with Crippen molar-refractivity contribution in [3.8, 4) is 0 Å². The largest absolute Gasteiger partial charge is 0.405 e. The van der Waals surface area contributed by atoms with Crippen molar-refractivity contribution in [3.63, 3.8) is 0 Å². The van der Waals surface area contributed by atoms with Crippen molar-refractivity contribution in [1.29, 1.82) is 0 Å². The number of aromatic nitrogens is 1. The van der Waals surface area contributed by atoms with Crippen LogP contribution in [0.2, 0.25) is 0 Å². The Bertz CT molecular complexity index is 1270. The molecule has 4 rings (SSSR count). The van der Waals surface area contributed by atoms with Crippen molar-refractivity contribution < 1.29 is 42.0 Å². The second kappa shape index (κ2) is 13.0. The molecule has 2 fully saturated rings. The topological polar surface area (TPSA) is 139 Å². The number of nitrogens with one attached hydrogen (secondary N) is 1. The van der Waals surface area contributed by atoms with Crippen molar-refractivity contribution >= 4 is 30.5 Å². The highest BCUT2D eigenvalue weighted by atomic mass is 32.2. The average Bonchev–Trinajstić information content (AvgIpc) is 3.41. The summed E-state index contributed by atoms with van der Waals surface area (Å²) in [5.74, 6) is -1.14. The maximum atomic E-state index is 13.8. The van der Waals surface area contributed by atoms with Crippen molar-refractivity contribution in [2.75, 3.05) is 19.0 Å². The van der Waals surface area contributed by atoms with Crippen LogP contribution in [0.15, 0.2) is 54.9 Å². The molecule has 1 aromatic heterocycles. The molecular formula is C28H39N3O8PS+. The lowest BCUT2D eigenvalue weighted by atomic mass is 10.00. The Morgan fingerprint density at radius 2 is 1.80 bits per heavy atom. The lowest BCUT2D eigenvalue weighted by Gasteiger charge is -2.24. The third-order valence-electron chi connectivity index (χ3n) is 6.44. The Hall–Kier alpha value is -2.15. The van der Waals surface area contributed by atoms with Gasteiger partial charge in [0, 0.05) is 23.8 Å². The zero-order valence-electron chi connectivity index (χ0n) is 24.0. The van der Waals surface area contributed by atoms with Gasteiger partial charge < -0.3 is 19.9 Å². The Morgan fingerprint density at radius 1 is 1.10 bits per heavy atom. The number of fused-ring (bicyclic) bond motifs is 1. The molecule has 2 aliphatic heterocycles. The van der Waals surface area contributed by atoms with Gasteiger partial charge in [-0.25, -0.2) is 9.65 Å². The van der Waals surface area contributed by atoms with Crippen LogP contribution in [-0.4, -0.2) is 54.1 Å². The van der Waals surface area contributed by atoms with Gasteiger partial charge in [-0.1, -0.05) is 62.9 Å². The molecule has 41 heavy (non-hydrogen) atoms. The van der Waals surface area contributed by atoms with Crippen molar-refractivity contribution in [2.45, 2.75) is 71.5 Å². The predicted molar refractivity (Wildman–Crippen MR) is 153 cm³/mol. The second-order valence-corrected chi connectivity index (χ2v) is 14.3. The lowest BCUT2D eigenvalue weighted by molar-refractivity contribution is -0.766. The van der Waals surface area contributed by atoms with E-state index in [1.807, 2.05) is 51.1 Å². The molecule has 11 nitrogen and oxygen atoms in total. The Morgan fingerprint density at radius 3 is 2.49 bits per heavy atom. The molecule has 1 aromatic carbocycles. The maximum Gasteiger partial charge on any atom is 0.405 e. The summed E-state index contributed by atoms with van der Waals surface area (Å²) in [5.41, 5.74) is 6.19. The first-order chi connectivity index (χ1) is 19.3. The molecule has 3 heterocycles. The first-order valence-electron chi connectivity index (χ1n) is 13.4. The summed E-state index contributed by atoms with van der Waals surface area (Å²) in [6.45, 7) is 9.30. The van der Waals surface area contributed by atoms with Crippen LogP contribution in [-0.2, 0) is 39.2 Å². The number of amides is 1. The fourth-order valence-electron chi connectivity index (χ4n) is 4.42. The van der Waals surface area contributed by atoms with Crippen LogP contribution in [0.5, 0.6) is 0 Å². The van der Waals surface area contributed by atoms with E-state index in [4.69, 9.17) is 29.0 Å². The molecule has 5 unspecified atom stereocenters. The number of pyridine rings is 1. The molecule has 2 saturated heterocycles. The monoisotopic (exact) mass is 608 g/mol. The van der Waals surface area contributed by atoms with Gasteiger partial charge in [0.2, 0.25) is 0 Å². The number of benzene rings is 1. The summed E-state index contributed by atoms with van der Waals surface area (Å²) in [6, 6.07) is 12.8. The van der Waals surface area contributed by atoms with Gasteiger partial charge in [-0.05, 0) is 25.5 Å². The van der Waals surface area contributed by atoms with Crippen LogP contribution in [0.1, 0.15) is 56.8 Å². The highest BCUT2D eigenvalue weighted by Crippen LogP contribution is 2.47. The van der Waals surface area contributed by atoms with Gasteiger partial charge in [-0.3, -0.25) is 18.6 Å². The van der Waals surface area contributed by atoms with E-state index >= 15 is 0 Å². The minimum absolute atomic E-state index is 0.0180. The van der Waals surface area contributed by atoms with E-state index in [2.05, 4.69) is 5.09 Å². The number of carbonyl (C=O) groups is 2. The molecule has 0 saturated carbocycles. The molecule has 1 amide bonds. The molecule has 2 aromatic rings. The average molecular weight is 609 g/mol. The van der Waals surface area contributed by atoms with E-state index in [0.29, 0.717) is 11.3 Å². The van der Waals surface area contributed by atoms with Gasteiger partial charge in [0.05, 0.1) is 13.2 Å². The summed E-state index contributed by atoms with van der Waals surface area (Å²) in [4.78, 5) is 24.0. The Kier molecular flexibility index (Phi) is 10.1. The highest BCUT2D eigenvalue weighted by Gasteiger charge is 2.59. The fourth-order valence-corrected chi connectivity index (χ4v) is 6.64. The number of hydrogen-bond acceptors (Lipinski definition) is 9. The van der Waals surface area contributed by atoms with Crippen LogP contribution >= 0.6 is 19.5 Å². The van der Waals surface area contributed by atoms with Crippen LogP contribution < -0.4 is 15.4 Å². The molecule has 0 aliphatic carbocycles. The number of hydrogen-bond donors (Lipinski definition) is 2. The predicted octanol–water partition coefficient (Wildman–Crippen LogP) is 3.73. The van der Waals surface area contributed by atoms with Crippen LogP contribution in [0.25, 0.3) is 0 Å². The molecule has 0 radical (unpaired) electrons. The molecule has 3 N–H and O–H groups in total. The third kappa shape index (κ3) is 8.46. The van der Waals surface area contributed by atoms with E-state index in [1.54, 1.807) is 42.9 Å². The summed E-state index contributed by atoms with van der Waals surface area (Å²) in [5, 5.41) is 2.94. The summed E-state index contributed by atoms with van der Waals surface area (Å²) in [6.07, 6.45) is 0.966. The van der Waals surface area contributed by atoms with Gasteiger partial charge >= 0.3 is 7.75 Å². The quantitative estimate of drug-likeness (QED) is 0.208. The minimum Gasteiger partial charge on any atom is -0.365 e. The van der Waals surface area contributed by atoms with Gasteiger partial charge in [-0.15, -0.1) is 0 Å². The van der Waals surface area contributed by atoms with Gasteiger partial charge in [0.15, 0.2) is 29.4 Å². The van der Waals surface area contributed by atoms with Gasteiger partial charge in [-0.2, -0.15) is 4.57 Å². The minimum atomic E-state index is -3.84. The number of thioether (sulfide) groups is 1. The number of primary amides is 1. The number of nitrogens with two attached hydrogens (primary N) is 1. The van der Waals surface area contributed by atoms with E-state index in [-0.39, 0.29) is 24.9 Å². The Labute approximate surface area is 245 Å². The standard InChI is InChI=1S/C28H38N3O8PS/c1-27(2,3)26(33)41-15-14-35-40(34,30-16-19-10-7-6-8-11-19)36-18-21-22-23(39-28(4,5)38-22)25(37-21)31-13-9-12-20(17-31)24(29)32/h6-13,17,21-23,25H,14-16,18H2,1-5H3,(H2-,29,30,32,34)/p+1. The highest BCUT2D eigenvalue weighted by molar-refractivity contribution is 8.13. The van der Waals surface area contributed by atoms with E-state index in [0.717, 1.165) is 17.3 Å².